The molecule has 0 amide bonds. The van der Waals surface area contributed by atoms with Crippen molar-refractivity contribution in [2.24, 2.45) is 0 Å². The first-order valence-corrected chi connectivity index (χ1v) is 9.33. The maximum atomic E-state index is 5.35. The molecule has 2 aliphatic rings. The Bertz CT molecular complexity index is 650. The van der Waals surface area contributed by atoms with Crippen molar-refractivity contribution in [3.8, 4) is 0 Å². The molecule has 1 atom stereocenters. The van der Waals surface area contributed by atoms with Crippen LogP contribution < -0.4 is 5.32 Å². The van der Waals surface area contributed by atoms with Gasteiger partial charge in [-0.2, -0.15) is 4.98 Å². The SMILES string of the molecule is Cc1nc(CN[C@H]2CCCN(Cc3noc(C4CC4)n3)C2)cs1. The summed E-state index contributed by atoms with van der Waals surface area (Å²) in [5.74, 6) is 2.21. The molecule has 23 heavy (non-hydrogen) atoms. The van der Waals surface area contributed by atoms with Crippen LogP contribution in [0, 0.1) is 6.92 Å². The van der Waals surface area contributed by atoms with Gasteiger partial charge in [-0.25, -0.2) is 4.98 Å². The topological polar surface area (TPSA) is 67.1 Å². The molecule has 0 radical (unpaired) electrons. The fourth-order valence-corrected chi connectivity index (χ4v) is 3.74. The molecule has 1 saturated heterocycles. The van der Waals surface area contributed by atoms with Crippen molar-refractivity contribution in [2.75, 3.05) is 13.1 Å². The Balaban J connectivity index is 1.27. The van der Waals surface area contributed by atoms with Crippen molar-refractivity contribution in [1.82, 2.24) is 25.3 Å². The lowest BCUT2D eigenvalue weighted by atomic mass is 10.1. The lowest BCUT2D eigenvalue weighted by Crippen LogP contribution is -2.45. The number of thiazole rings is 1. The highest BCUT2D eigenvalue weighted by atomic mass is 32.1. The van der Waals surface area contributed by atoms with E-state index in [0.717, 1.165) is 48.6 Å². The van der Waals surface area contributed by atoms with E-state index in [4.69, 9.17) is 4.52 Å². The zero-order valence-electron chi connectivity index (χ0n) is 13.5. The van der Waals surface area contributed by atoms with Crippen molar-refractivity contribution in [2.45, 2.75) is 57.7 Å². The number of aryl methyl sites for hydroxylation is 1. The summed E-state index contributed by atoms with van der Waals surface area (Å²) >= 11 is 1.71. The van der Waals surface area contributed by atoms with Crippen molar-refractivity contribution in [3.05, 3.63) is 27.8 Å². The Morgan fingerprint density at radius 1 is 1.35 bits per heavy atom. The summed E-state index contributed by atoms with van der Waals surface area (Å²) in [5.41, 5.74) is 1.15. The fourth-order valence-electron chi connectivity index (χ4n) is 3.13. The van der Waals surface area contributed by atoms with Crippen molar-refractivity contribution < 1.29 is 4.52 Å². The Hall–Kier alpha value is -1.31. The molecular weight excluding hydrogens is 310 g/mol. The third-order valence-corrected chi connectivity index (χ3v) is 5.34. The standard InChI is InChI=1S/C16H23N5OS/c1-11-18-14(10-23-11)7-17-13-3-2-6-21(8-13)9-15-19-16(22-20-15)12-4-5-12/h10,12-13,17H,2-9H2,1H3/t13-/m0/s1. The fraction of sp³-hybridized carbons (Fsp3) is 0.688. The number of piperidine rings is 1. The molecule has 0 aromatic carbocycles. The second kappa shape index (κ2) is 6.67. The van der Waals surface area contributed by atoms with Gasteiger partial charge in [0.25, 0.3) is 0 Å². The van der Waals surface area contributed by atoms with Crippen molar-refractivity contribution in [1.29, 1.82) is 0 Å². The van der Waals surface area contributed by atoms with E-state index in [9.17, 15) is 0 Å². The lowest BCUT2D eigenvalue weighted by Gasteiger charge is -2.32. The summed E-state index contributed by atoms with van der Waals surface area (Å²) < 4.78 is 5.35. The largest absolute Gasteiger partial charge is 0.339 e. The van der Waals surface area contributed by atoms with Crippen LogP contribution in [0.3, 0.4) is 0 Å². The van der Waals surface area contributed by atoms with Gasteiger partial charge in [-0.1, -0.05) is 5.16 Å². The number of hydrogen-bond acceptors (Lipinski definition) is 7. The molecule has 0 unspecified atom stereocenters. The molecule has 6 nitrogen and oxygen atoms in total. The molecule has 3 heterocycles. The van der Waals surface area contributed by atoms with Gasteiger partial charge < -0.3 is 9.84 Å². The van der Waals surface area contributed by atoms with Gasteiger partial charge in [0.2, 0.25) is 5.89 Å². The number of likely N-dealkylation sites (tertiary alicyclic amines) is 1. The van der Waals surface area contributed by atoms with Crippen LogP contribution >= 0.6 is 11.3 Å². The molecule has 0 spiro atoms. The smallest absolute Gasteiger partial charge is 0.229 e. The maximum absolute atomic E-state index is 5.35. The van der Waals surface area contributed by atoms with Crippen LogP contribution in [0.2, 0.25) is 0 Å². The predicted octanol–water partition coefficient (Wildman–Crippen LogP) is 2.47. The van der Waals surface area contributed by atoms with Gasteiger partial charge in [-0.15, -0.1) is 11.3 Å². The molecule has 4 rings (SSSR count). The zero-order valence-corrected chi connectivity index (χ0v) is 14.3. The Kier molecular flexibility index (Phi) is 4.41. The highest BCUT2D eigenvalue weighted by Crippen LogP contribution is 2.38. The van der Waals surface area contributed by atoms with Gasteiger partial charge in [0, 0.05) is 30.4 Å². The molecule has 2 aromatic rings. The van der Waals surface area contributed by atoms with Crippen LogP contribution in [-0.2, 0) is 13.1 Å². The molecule has 2 fully saturated rings. The first-order chi connectivity index (χ1) is 11.3. The lowest BCUT2D eigenvalue weighted by molar-refractivity contribution is 0.177. The third kappa shape index (κ3) is 3.97. The quantitative estimate of drug-likeness (QED) is 0.876. The molecule has 0 bridgehead atoms. The van der Waals surface area contributed by atoms with E-state index in [1.807, 2.05) is 0 Å². The number of nitrogens with zero attached hydrogens (tertiary/aromatic N) is 4. The van der Waals surface area contributed by atoms with E-state index in [-0.39, 0.29) is 0 Å². The molecule has 124 valence electrons. The summed E-state index contributed by atoms with van der Waals surface area (Å²) in [6.45, 7) is 5.86. The van der Waals surface area contributed by atoms with E-state index < -0.39 is 0 Å². The van der Waals surface area contributed by atoms with Crippen LogP contribution in [0.15, 0.2) is 9.90 Å². The summed E-state index contributed by atoms with van der Waals surface area (Å²) in [4.78, 5) is 11.5. The molecule has 7 heteroatoms. The number of rotatable bonds is 6. The van der Waals surface area contributed by atoms with E-state index in [2.05, 4.69) is 37.6 Å². The molecule has 1 N–H and O–H groups in total. The first kappa shape index (κ1) is 15.2. The first-order valence-electron chi connectivity index (χ1n) is 8.45. The van der Waals surface area contributed by atoms with E-state index in [0.29, 0.717) is 12.0 Å². The summed E-state index contributed by atoms with van der Waals surface area (Å²) in [6, 6.07) is 0.514. The average Bonchev–Trinajstić information content (AvgIpc) is 3.16. The predicted molar refractivity (Wildman–Crippen MR) is 88.3 cm³/mol. The molecule has 1 saturated carbocycles. The molecule has 2 aromatic heterocycles. The summed E-state index contributed by atoms with van der Waals surface area (Å²) in [6.07, 6.45) is 4.83. The normalized spacial score (nSPS) is 22.6. The minimum Gasteiger partial charge on any atom is -0.339 e. The van der Waals surface area contributed by atoms with Gasteiger partial charge in [0.05, 0.1) is 17.2 Å². The Labute approximate surface area is 140 Å². The average molecular weight is 333 g/mol. The van der Waals surface area contributed by atoms with Gasteiger partial charge in [-0.05, 0) is 39.2 Å². The molecule has 1 aliphatic carbocycles. The number of aromatic nitrogens is 3. The summed E-state index contributed by atoms with van der Waals surface area (Å²) in [7, 11) is 0. The summed E-state index contributed by atoms with van der Waals surface area (Å²) in [5, 5.41) is 11.1. The highest BCUT2D eigenvalue weighted by Gasteiger charge is 2.30. The van der Waals surface area contributed by atoms with Gasteiger partial charge in [0.1, 0.15) is 0 Å². The Morgan fingerprint density at radius 3 is 3.04 bits per heavy atom. The minimum absolute atomic E-state index is 0.514. The maximum Gasteiger partial charge on any atom is 0.229 e. The van der Waals surface area contributed by atoms with Gasteiger partial charge in [0.15, 0.2) is 5.82 Å². The molecular formula is C16H23N5OS. The monoisotopic (exact) mass is 333 g/mol. The van der Waals surface area contributed by atoms with Crippen LogP contribution in [-0.4, -0.2) is 39.2 Å². The van der Waals surface area contributed by atoms with E-state index in [1.165, 1.54) is 25.7 Å². The van der Waals surface area contributed by atoms with Crippen LogP contribution in [0.4, 0.5) is 0 Å². The van der Waals surface area contributed by atoms with Crippen LogP contribution in [0.1, 0.15) is 54.0 Å². The number of nitrogens with one attached hydrogen (secondary N) is 1. The Morgan fingerprint density at radius 2 is 2.26 bits per heavy atom. The van der Waals surface area contributed by atoms with Gasteiger partial charge >= 0.3 is 0 Å². The van der Waals surface area contributed by atoms with E-state index in [1.54, 1.807) is 11.3 Å². The van der Waals surface area contributed by atoms with Crippen LogP contribution in [0.25, 0.3) is 0 Å². The number of hydrogen-bond donors (Lipinski definition) is 1. The van der Waals surface area contributed by atoms with Crippen molar-refractivity contribution >= 4 is 11.3 Å². The highest BCUT2D eigenvalue weighted by molar-refractivity contribution is 7.09. The minimum atomic E-state index is 0.514. The molecule has 1 aliphatic heterocycles. The zero-order chi connectivity index (χ0) is 15.6. The third-order valence-electron chi connectivity index (χ3n) is 4.52. The second-order valence-corrected chi connectivity index (χ2v) is 7.70. The van der Waals surface area contributed by atoms with Gasteiger partial charge in [-0.3, -0.25) is 4.90 Å². The van der Waals surface area contributed by atoms with Crippen LogP contribution in [0.5, 0.6) is 0 Å². The van der Waals surface area contributed by atoms with E-state index >= 15 is 0 Å². The second-order valence-electron chi connectivity index (χ2n) is 6.64. The van der Waals surface area contributed by atoms with Crippen molar-refractivity contribution in [3.63, 3.8) is 0 Å².